The van der Waals surface area contributed by atoms with E-state index in [-0.39, 0.29) is 24.3 Å². The minimum Gasteiger partial charge on any atom is -0.352 e. The SMILES string of the molecule is CCNC(=O)c1cc(Cl)ccc1NC(=O)C(C)CN. The highest BCUT2D eigenvalue weighted by Gasteiger charge is 2.16. The minimum atomic E-state index is -0.322. The predicted molar refractivity (Wildman–Crippen MR) is 76.3 cm³/mol. The van der Waals surface area contributed by atoms with Gasteiger partial charge in [-0.25, -0.2) is 0 Å². The van der Waals surface area contributed by atoms with E-state index in [1.807, 2.05) is 6.92 Å². The van der Waals surface area contributed by atoms with Gasteiger partial charge in [0.15, 0.2) is 0 Å². The Bertz CT molecular complexity index is 477. The summed E-state index contributed by atoms with van der Waals surface area (Å²) < 4.78 is 0. The zero-order valence-electron chi connectivity index (χ0n) is 11.0. The lowest BCUT2D eigenvalue weighted by molar-refractivity contribution is -0.119. The molecule has 0 fully saturated rings. The van der Waals surface area contributed by atoms with Crippen molar-refractivity contribution >= 4 is 29.1 Å². The van der Waals surface area contributed by atoms with Crippen molar-refractivity contribution in [2.75, 3.05) is 18.4 Å². The van der Waals surface area contributed by atoms with E-state index in [0.717, 1.165) is 0 Å². The summed E-state index contributed by atoms with van der Waals surface area (Å²) >= 11 is 5.87. The van der Waals surface area contributed by atoms with Crippen molar-refractivity contribution in [3.05, 3.63) is 28.8 Å². The van der Waals surface area contributed by atoms with Crippen LogP contribution in [0.5, 0.6) is 0 Å². The van der Waals surface area contributed by atoms with E-state index in [1.165, 1.54) is 6.07 Å². The number of hydrogen-bond donors (Lipinski definition) is 3. The summed E-state index contributed by atoms with van der Waals surface area (Å²) in [5.74, 6) is -0.825. The van der Waals surface area contributed by atoms with Gasteiger partial charge in [0, 0.05) is 24.0 Å². The molecule has 0 heterocycles. The fourth-order valence-electron chi connectivity index (χ4n) is 1.43. The minimum absolute atomic E-state index is 0.227. The number of rotatable bonds is 5. The maximum atomic E-state index is 11.9. The normalized spacial score (nSPS) is 11.8. The maximum absolute atomic E-state index is 11.9. The van der Waals surface area contributed by atoms with Gasteiger partial charge in [0.05, 0.1) is 11.3 Å². The van der Waals surface area contributed by atoms with Crippen molar-refractivity contribution < 1.29 is 9.59 Å². The van der Waals surface area contributed by atoms with Crippen LogP contribution in [0.2, 0.25) is 5.02 Å². The van der Waals surface area contributed by atoms with Gasteiger partial charge < -0.3 is 16.4 Å². The van der Waals surface area contributed by atoms with Crippen LogP contribution in [0.1, 0.15) is 24.2 Å². The van der Waals surface area contributed by atoms with Crippen LogP contribution >= 0.6 is 11.6 Å². The van der Waals surface area contributed by atoms with Gasteiger partial charge in [-0.3, -0.25) is 9.59 Å². The fraction of sp³-hybridized carbons (Fsp3) is 0.385. The van der Waals surface area contributed by atoms with E-state index in [0.29, 0.717) is 22.8 Å². The molecule has 0 radical (unpaired) electrons. The first-order valence-electron chi connectivity index (χ1n) is 6.08. The number of hydrogen-bond acceptors (Lipinski definition) is 3. The molecule has 0 saturated heterocycles. The molecule has 1 aromatic rings. The molecule has 0 aromatic heterocycles. The maximum Gasteiger partial charge on any atom is 0.253 e. The summed E-state index contributed by atoms with van der Waals surface area (Å²) in [5.41, 5.74) is 6.21. The highest BCUT2D eigenvalue weighted by Crippen LogP contribution is 2.21. The lowest BCUT2D eigenvalue weighted by Gasteiger charge is -2.13. The van der Waals surface area contributed by atoms with Crippen LogP contribution in [-0.4, -0.2) is 24.9 Å². The summed E-state index contributed by atoms with van der Waals surface area (Å²) in [6, 6.07) is 4.75. The molecule has 0 aliphatic carbocycles. The molecule has 4 N–H and O–H groups in total. The quantitative estimate of drug-likeness (QED) is 0.768. The average Bonchev–Trinajstić information content (AvgIpc) is 2.39. The van der Waals surface area contributed by atoms with Crippen LogP contribution in [0.25, 0.3) is 0 Å². The number of carbonyl (C=O) groups is 2. The third kappa shape index (κ3) is 4.22. The third-order valence-electron chi connectivity index (χ3n) is 2.62. The van der Waals surface area contributed by atoms with E-state index in [1.54, 1.807) is 19.1 Å². The van der Waals surface area contributed by atoms with Crippen LogP contribution in [0.3, 0.4) is 0 Å². The number of benzene rings is 1. The molecule has 0 aliphatic heterocycles. The predicted octanol–water partition coefficient (Wildman–Crippen LogP) is 1.62. The number of anilines is 1. The van der Waals surface area contributed by atoms with Crippen LogP contribution in [0.15, 0.2) is 18.2 Å². The summed E-state index contributed by atoms with van der Waals surface area (Å²) in [6.45, 7) is 4.28. The Labute approximate surface area is 117 Å². The Morgan fingerprint density at radius 2 is 2.11 bits per heavy atom. The standard InChI is InChI=1S/C13H18ClN3O2/c1-3-16-13(19)10-6-9(14)4-5-11(10)17-12(18)8(2)7-15/h4-6,8H,3,7,15H2,1-2H3,(H,16,19)(H,17,18). The third-order valence-corrected chi connectivity index (χ3v) is 2.86. The van der Waals surface area contributed by atoms with Gasteiger partial charge in [-0.05, 0) is 25.1 Å². The molecule has 0 bridgehead atoms. The van der Waals surface area contributed by atoms with E-state index in [9.17, 15) is 9.59 Å². The second-order valence-electron chi connectivity index (χ2n) is 4.18. The Morgan fingerprint density at radius 3 is 2.68 bits per heavy atom. The van der Waals surface area contributed by atoms with Crippen molar-refractivity contribution in [2.24, 2.45) is 11.7 Å². The average molecular weight is 284 g/mol. The number of nitrogens with one attached hydrogen (secondary N) is 2. The largest absolute Gasteiger partial charge is 0.352 e. The summed E-state index contributed by atoms with van der Waals surface area (Å²) in [4.78, 5) is 23.7. The highest BCUT2D eigenvalue weighted by molar-refractivity contribution is 6.31. The lowest BCUT2D eigenvalue weighted by Crippen LogP contribution is -2.29. The van der Waals surface area contributed by atoms with Crippen LogP contribution in [-0.2, 0) is 4.79 Å². The molecule has 6 heteroatoms. The fourth-order valence-corrected chi connectivity index (χ4v) is 1.60. The molecule has 1 aromatic carbocycles. The monoisotopic (exact) mass is 283 g/mol. The molecule has 2 amide bonds. The summed E-state index contributed by atoms with van der Waals surface area (Å²) in [6.07, 6.45) is 0. The van der Waals surface area contributed by atoms with Gasteiger partial charge >= 0.3 is 0 Å². The first-order valence-corrected chi connectivity index (χ1v) is 6.46. The second kappa shape index (κ2) is 7.11. The molecule has 5 nitrogen and oxygen atoms in total. The molecule has 1 atom stereocenters. The van der Waals surface area contributed by atoms with Gasteiger partial charge in [-0.1, -0.05) is 18.5 Å². The molecular weight excluding hydrogens is 266 g/mol. The molecule has 104 valence electrons. The Hall–Kier alpha value is -1.59. The molecule has 19 heavy (non-hydrogen) atoms. The number of amides is 2. The molecule has 0 spiro atoms. The number of carbonyl (C=O) groups excluding carboxylic acids is 2. The van der Waals surface area contributed by atoms with Gasteiger partial charge in [0.1, 0.15) is 0 Å². The summed E-state index contributed by atoms with van der Waals surface area (Å²) in [7, 11) is 0. The Kier molecular flexibility index (Phi) is 5.79. The lowest BCUT2D eigenvalue weighted by atomic mass is 10.1. The molecule has 1 unspecified atom stereocenters. The Balaban J connectivity index is 3.00. The van der Waals surface area contributed by atoms with Crippen molar-refractivity contribution in [3.8, 4) is 0 Å². The molecule has 0 saturated carbocycles. The van der Waals surface area contributed by atoms with Crippen LogP contribution in [0, 0.1) is 5.92 Å². The van der Waals surface area contributed by atoms with E-state index < -0.39 is 0 Å². The summed E-state index contributed by atoms with van der Waals surface area (Å²) in [5, 5.41) is 5.80. The van der Waals surface area contributed by atoms with Crippen LogP contribution in [0.4, 0.5) is 5.69 Å². The van der Waals surface area contributed by atoms with Crippen LogP contribution < -0.4 is 16.4 Å². The van der Waals surface area contributed by atoms with E-state index in [4.69, 9.17) is 17.3 Å². The van der Waals surface area contributed by atoms with Gasteiger partial charge in [0.2, 0.25) is 5.91 Å². The topological polar surface area (TPSA) is 84.2 Å². The molecule has 0 aliphatic rings. The van der Waals surface area contributed by atoms with Gasteiger partial charge in [-0.15, -0.1) is 0 Å². The van der Waals surface area contributed by atoms with Crippen molar-refractivity contribution in [1.82, 2.24) is 5.32 Å². The number of nitrogens with two attached hydrogens (primary N) is 1. The van der Waals surface area contributed by atoms with Crippen molar-refractivity contribution in [3.63, 3.8) is 0 Å². The van der Waals surface area contributed by atoms with E-state index >= 15 is 0 Å². The van der Waals surface area contributed by atoms with Crippen molar-refractivity contribution in [2.45, 2.75) is 13.8 Å². The molecular formula is C13H18ClN3O2. The van der Waals surface area contributed by atoms with Gasteiger partial charge in [0.25, 0.3) is 5.91 Å². The number of halogens is 1. The smallest absolute Gasteiger partial charge is 0.253 e. The zero-order valence-corrected chi connectivity index (χ0v) is 11.8. The Morgan fingerprint density at radius 1 is 1.42 bits per heavy atom. The molecule has 1 rings (SSSR count). The van der Waals surface area contributed by atoms with Crippen molar-refractivity contribution in [1.29, 1.82) is 0 Å². The van der Waals surface area contributed by atoms with Gasteiger partial charge in [-0.2, -0.15) is 0 Å². The van der Waals surface area contributed by atoms with E-state index in [2.05, 4.69) is 10.6 Å². The first kappa shape index (κ1) is 15.5. The zero-order chi connectivity index (χ0) is 14.4. The highest BCUT2D eigenvalue weighted by atomic mass is 35.5. The second-order valence-corrected chi connectivity index (χ2v) is 4.61. The first-order chi connectivity index (χ1) is 8.99.